The average Bonchev–Trinajstić information content (AvgIpc) is 3.67. The number of nitrogens with zero attached hydrogens (tertiary/aromatic N) is 8. The average molecular weight is 518 g/mol. The summed E-state index contributed by atoms with van der Waals surface area (Å²) in [6.07, 6.45) is 0. The van der Waals surface area contributed by atoms with E-state index in [0.29, 0.717) is 48.9 Å². The van der Waals surface area contributed by atoms with Crippen LogP contribution in [0.4, 0.5) is 11.5 Å². The summed E-state index contributed by atoms with van der Waals surface area (Å²) < 4.78 is 1.64. The van der Waals surface area contributed by atoms with Crippen molar-refractivity contribution >= 4 is 51.3 Å². The summed E-state index contributed by atoms with van der Waals surface area (Å²) in [7, 11) is 0. The number of benzene rings is 2. The molecule has 1 N–H and O–H groups in total. The first-order valence-corrected chi connectivity index (χ1v) is 12.9. The molecule has 12 heteroatoms. The molecule has 0 saturated carbocycles. The van der Waals surface area contributed by atoms with Gasteiger partial charge in [0.05, 0.1) is 16.5 Å². The van der Waals surface area contributed by atoms with E-state index in [1.54, 1.807) is 37.3 Å². The van der Waals surface area contributed by atoms with Crippen molar-refractivity contribution in [3.63, 3.8) is 0 Å². The molecule has 0 spiro atoms. The molecule has 2 amide bonds. The van der Waals surface area contributed by atoms with Crippen molar-refractivity contribution in [2.75, 3.05) is 31.5 Å². The van der Waals surface area contributed by atoms with Crippen LogP contribution in [0, 0.1) is 0 Å². The molecule has 11 nitrogen and oxygen atoms in total. The minimum atomic E-state index is -0.0898. The minimum Gasteiger partial charge on any atom is -0.337 e. The van der Waals surface area contributed by atoms with Crippen LogP contribution in [0.5, 0.6) is 0 Å². The third-order valence-corrected chi connectivity index (χ3v) is 6.51. The van der Waals surface area contributed by atoms with Gasteiger partial charge in [-0.1, -0.05) is 26.0 Å². The van der Waals surface area contributed by atoms with Gasteiger partial charge in [-0.3, -0.25) is 9.59 Å². The third kappa shape index (κ3) is 4.83. The molecule has 0 unspecified atom stereocenters. The van der Waals surface area contributed by atoms with Gasteiger partial charge in [0, 0.05) is 44.2 Å². The Morgan fingerprint density at radius 2 is 1.65 bits per heavy atom. The highest BCUT2D eigenvalue weighted by Crippen LogP contribution is 2.23. The predicted octanol–water partition coefficient (Wildman–Crippen LogP) is 3.74. The van der Waals surface area contributed by atoms with E-state index >= 15 is 0 Å². The largest absolute Gasteiger partial charge is 0.337 e. The molecule has 0 aliphatic carbocycles. The number of tetrazole rings is 1. The lowest BCUT2D eigenvalue weighted by Gasteiger charge is -2.34. The molecule has 1 saturated heterocycles. The molecule has 190 valence electrons. The zero-order valence-electron chi connectivity index (χ0n) is 20.4. The molecule has 1 aliphatic heterocycles. The number of thiazole rings is 1. The molecule has 0 radical (unpaired) electrons. The van der Waals surface area contributed by atoms with Crippen molar-refractivity contribution in [2.24, 2.45) is 0 Å². The second kappa shape index (κ2) is 10.7. The summed E-state index contributed by atoms with van der Waals surface area (Å²) in [6, 6.07) is 14.8. The zero-order valence-corrected chi connectivity index (χ0v) is 21.2. The number of carbonyl (C=O) groups excluding carboxylic acids is 2. The van der Waals surface area contributed by atoms with E-state index in [2.05, 4.69) is 30.8 Å². The smallest absolute Gasteiger partial charge is 0.273 e. The number of piperazine rings is 1. The Balaban J connectivity index is 0.00000110. The summed E-state index contributed by atoms with van der Waals surface area (Å²) in [4.78, 5) is 37.7. The SMILES string of the molecule is CC.O=C(c1ccc(Nc2nc3ccccc3n3nnnc23)cc1)N1CCN(C(=O)c2cscn2)CC1.[HH]. The van der Waals surface area contributed by atoms with Gasteiger partial charge in [0.2, 0.25) is 5.65 Å². The predicted molar refractivity (Wildman–Crippen MR) is 143 cm³/mol. The molecular formula is C25H27N9O2S. The summed E-state index contributed by atoms with van der Waals surface area (Å²) in [6.45, 7) is 5.93. The van der Waals surface area contributed by atoms with Gasteiger partial charge in [-0.15, -0.1) is 16.4 Å². The number of rotatable bonds is 4. The first-order valence-electron chi connectivity index (χ1n) is 12.0. The monoisotopic (exact) mass is 517 g/mol. The summed E-state index contributed by atoms with van der Waals surface area (Å²) >= 11 is 1.39. The number of carbonyl (C=O) groups is 2. The lowest BCUT2D eigenvalue weighted by atomic mass is 10.1. The van der Waals surface area contributed by atoms with Crippen molar-refractivity contribution in [3.8, 4) is 0 Å². The Morgan fingerprint density at radius 1 is 0.946 bits per heavy atom. The van der Waals surface area contributed by atoms with Crippen LogP contribution in [0.3, 0.4) is 0 Å². The number of hydrogen-bond acceptors (Lipinski definition) is 9. The maximum Gasteiger partial charge on any atom is 0.273 e. The number of nitrogens with one attached hydrogen (secondary N) is 1. The third-order valence-electron chi connectivity index (χ3n) is 5.92. The summed E-state index contributed by atoms with van der Waals surface area (Å²) in [5.74, 6) is 0.368. The van der Waals surface area contributed by atoms with Crippen molar-refractivity contribution in [1.82, 2.24) is 39.8 Å². The van der Waals surface area contributed by atoms with Gasteiger partial charge in [-0.2, -0.15) is 4.52 Å². The van der Waals surface area contributed by atoms with Crippen LogP contribution in [0.25, 0.3) is 16.7 Å². The lowest BCUT2D eigenvalue weighted by molar-refractivity contribution is 0.0533. The molecule has 0 atom stereocenters. The van der Waals surface area contributed by atoms with E-state index < -0.39 is 0 Å². The molecule has 4 heterocycles. The highest BCUT2D eigenvalue weighted by molar-refractivity contribution is 7.07. The molecular weight excluding hydrogens is 490 g/mol. The molecule has 3 aromatic heterocycles. The number of anilines is 2. The summed E-state index contributed by atoms with van der Waals surface area (Å²) in [5, 5.41) is 16.9. The standard InChI is InChI=1S/C23H19N9O2S.C2H6.H2/c33-22(30-9-11-31(12-10-30)23(34)18-13-35-14-24-18)15-5-7-16(8-6-15)25-20-21-27-28-29-32(21)19-4-2-1-3-17(19)26-20;1-2;/h1-8,13-14H,9-12H2,(H,25,26);1-2H3;1H. The van der Waals surface area contributed by atoms with Gasteiger partial charge < -0.3 is 15.1 Å². The van der Waals surface area contributed by atoms with Crippen LogP contribution in [0.2, 0.25) is 0 Å². The van der Waals surface area contributed by atoms with E-state index in [4.69, 9.17) is 0 Å². The molecule has 6 rings (SSSR count). The van der Waals surface area contributed by atoms with Crippen molar-refractivity contribution < 1.29 is 11.0 Å². The quantitative estimate of drug-likeness (QED) is 0.383. The van der Waals surface area contributed by atoms with Gasteiger partial charge in [0.25, 0.3) is 11.8 Å². The molecule has 1 aliphatic rings. The van der Waals surface area contributed by atoms with E-state index in [1.165, 1.54) is 11.3 Å². The van der Waals surface area contributed by atoms with Gasteiger partial charge >= 0.3 is 0 Å². The van der Waals surface area contributed by atoms with Gasteiger partial charge in [0.15, 0.2) is 5.82 Å². The van der Waals surface area contributed by atoms with E-state index in [-0.39, 0.29) is 13.2 Å². The van der Waals surface area contributed by atoms with Crippen LogP contribution in [0.15, 0.2) is 59.4 Å². The van der Waals surface area contributed by atoms with Crippen LogP contribution < -0.4 is 5.32 Å². The number of hydrogen-bond donors (Lipinski definition) is 1. The number of fused-ring (bicyclic) bond motifs is 3. The Labute approximate surface area is 218 Å². The van der Waals surface area contributed by atoms with Crippen molar-refractivity contribution in [3.05, 3.63) is 70.7 Å². The van der Waals surface area contributed by atoms with Crippen LogP contribution in [-0.4, -0.2) is 77.8 Å². The van der Waals surface area contributed by atoms with Gasteiger partial charge in [-0.25, -0.2) is 9.97 Å². The van der Waals surface area contributed by atoms with Crippen LogP contribution in [-0.2, 0) is 0 Å². The van der Waals surface area contributed by atoms with Gasteiger partial charge in [0.1, 0.15) is 5.69 Å². The molecule has 37 heavy (non-hydrogen) atoms. The van der Waals surface area contributed by atoms with E-state index in [0.717, 1.165) is 16.7 Å². The highest BCUT2D eigenvalue weighted by Gasteiger charge is 2.26. The number of para-hydroxylation sites is 2. The highest BCUT2D eigenvalue weighted by atomic mass is 32.1. The first-order chi connectivity index (χ1) is 18.2. The molecule has 0 bridgehead atoms. The molecule has 5 aromatic rings. The lowest BCUT2D eigenvalue weighted by Crippen LogP contribution is -2.50. The Bertz CT molecular complexity index is 1530. The molecule has 2 aromatic carbocycles. The zero-order chi connectivity index (χ0) is 25.8. The minimum absolute atomic E-state index is 0. The maximum absolute atomic E-state index is 13.0. The molecule has 1 fully saturated rings. The Morgan fingerprint density at radius 3 is 2.35 bits per heavy atom. The fourth-order valence-corrected chi connectivity index (χ4v) is 4.62. The number of aromatic nitrogens is 6. The topological polar surface area (TPSA) is 122 Å². The normalized spacial score (nSPS) is 13.4. The fraction of sp³-hybridized carbons (Fsp3) is 0.240. The fourth-order valence-electron chi connectivity index (χ4n) is 4.10. The Hall–Kier alpha value is -4.45. The second-order valence-electron chi connectivity index (χ2n) is 8.02. The first kappa shape index (κ1) is 24.3. The van der Waals surface area contributed by atoms with Crippen molar-refractivity contribution in [1.29, 1.82) is 0 Å². The van der Waals surface area contributed by atoms with Crippen LogP contribution in [0.1, 0.15) is 36.1 Å². The summed E-state index contributed by atoms with van der Waals surface area (Å²) in [5.41, 5.74) is 5.52. The van der Waals surface area contributed by atoms with Crippen molar-refractivity contribution in [2.45, 2.75) is 13.8 Å². The maximum atomic E-state index is 13.0. The number of amides is 2. The van der Waals surface area contributed by atoms with Crippen LogP contribution >= 0.6 is 11.3 Å². The second-order valence-corrected chi connectivity index (χ2v) is 8.74. The van der Waals surface area contributed by atoms with E-state index in [9.17, 15) is 9.59 Å². The Kier molecular flexibility index (Phi) is 6.99. The van der Waals surface area contributed by atoms with E-state index in [1.807, 2.05) is 50.2 Å². The van der Waals surface area contributed by atoms with Gasteiger partial charge in [-0.05, 0) is 46.8 Å².